The average molecular weight is 312 g/mol. The first-order valence-electron chi connectivity index (χ1n) is 7.54. The van der Waals surface area contributed by atoms with Crippen LogP contribution in [0.15, 0.2) is 33.9 Å². The lowest BCUT2D eigenvalue weighted by molar-refractivity contribution is 0.0885. The number of hydrogen-bond donors (Lipinski definition) is 3. The van der Waals surface area contributed by atoms with Crippen molar-refractivity contribution >= 4 is 23.0 Å². The van der Waals surface area contributed by atoms with Crippen LogP contribution >= 0.6 is 0 Å². The summed E-state index contributed by atoms with van der Waals surface area (Å²) in [4.78, 5) is 37.0. The molecule has 7 heteroatoms. The van der Waals surface area contributed by atoms with Crippen molar-refractivity contribution in [2.75, 3.05) is 29.0 Å². The molecular formula is C16H16N4O3. The minimum atomic E-state index is -0.599. The molecule has 4 rings (SSSR count). The Bertz CT molecular complexity index is 874. The highest BCUT2D eigenvalue weighted by Crippen LogP contribution is 2.32. The van der Waals surface area contributed by atoms with Crippen LogP contribution in [0.3, 0.4) is 0 Å². The van der Waals surface area contributed by atoms with Gasteiger partial charge in [0.25, 0.3) is 16.8 Å². The first-order chi connectivity index (χ1) is 11.0. The van der Waals surface area contributed by atoms with Gasteiger partial charge in [0.05, 0.1) is 5.56 Å². The van der Waals surface area contributed by atoms with Gasteiger partial charge in [-0.15, -0.1) is 0 Å². The Kier molecular flexibility index (Phi) is 2.75. The standard InChI is InChI=1S/C16H16N4O3/c17-11-12(14(22)13(11)21)20-7-5-16(6-8-20)18-10-4-2-1-3-9(10)15(23)19-16/h1-4,18H,5-8,17H2,(H,19,23). The molecule has 0 atom stereocenters. The largest absolute Gasteiger partial charge is 0.394 e. The van der Waals surface area contributed by atoms with Gasteiger partial charge in [-0.25, -0.2) is 0 Å². The van der Waals surface area contributed by atoms with Gasteiger partial charge in [0.15, 0.2) is 0 Å². The lowest BCUT2D eigenvalue weighted by Crippen LogP contribution is -2.63. The molecule has 118 valence electrons. The van der Waals surface area contributed by atoms with Crippen molar-refractivity contribution in [3.05, 3.63) is 50.3 Å². The van der Waals surface area contributed by atoms with Crippen LogP contribution in [0.25, 0.3) is 0 Å². The van der Waals surface area contributed by atoms with Crippen molar-refractivity contribution in [3.63, 3.8) is 0 Å². The number of piperidine rings is 1. The SMILES string of the molecule is Nc1c(N2CCC3(CC2)NC(=O)c2ccccc2N3)c(=O)c1=O. The fourth-order valence-electron chi connectivity index (χ4n) is 3.44. The lowest BCUT2D eigenvalue weighted by atomic mass is 9.91. The molecule has 1 spiro atoms. The Morgan fingerprint density at radius 1 is 1.00 bits per heavy atom. The highest BCUT2D eigenvalue weighted by Gasteiger charge is 2.41. The Morgan fingerprint density at radius 2 is 1.70 bits per heavy atom. The fourth-order valence-corrected chi connectivity index (χ4v) is 3.44. The predicted molar refractivity (Wildman–Crippen MR) is 87.5 cm³/mol. The second kappa shape index (κ2) is 4.58. The second-order valence-electron chi connectivity index (χ2n) is 6.11. The molecule has 23 heavy (non-hydrogen) atoms. The molecule has 0 aliphatic carbocycles. The molecule has 0 unspecified atom stereocenters. The zero-order chi connectivity index (χ0) is 16.2. The molecule has 1 amide bonds. The Labute approximate surface area is 131 Å². The Morgan fingerprint density at radius 3 is 2.39 bits per heavy atom. The number of nitrogen functional groups attached to an aromatic ring is 1. The molecule has 0 radical (unpaired) electrons. The van der Waals surface area contributed by atoms with E-state index in [-0.39, 0.29) is 11.6 Å². The van der Waals surface area contributed by atoms with Gasteiger partial charge in [0, 0.05) is 31.6 Å². The third kappa shape index (κ3) is 1.93. The number of rotatable bonds is 1. The molecule has 7 nitrogen and oxygen atoms in total. The molecule has 2 aliphatic heterocycles. The second-order valence-corrected chi connectivity index (χ2v) is 6.11. The van der Waals surface area contributed by atoms with Crippen LogP contribution in [0.2, 0.25) is 0 Å². The zero-order valence-corrected chi connectivity index (χ0v) is 12.4. The van der Waals surface area contributed by atoms with Crippen molar-refractivity contribution in [2.45, 2.75) is 18.5 Å². The van der Waals surface area contributed by atoms with Crippen molar-refractivity contribution in [1.29, 1.82) is 0 Å². The van der Waals surface area contributed by atoms with E-state index in [2.05, 4.69) is 10.6 Å². The summed E-state index contributed by atoms with van der Waals surface area (Å²) in [6.07, 6.45) is 1.23. The van der Waals surface area contributed by atoms with Crippen molar-refractivity contribution in [1.82, 2.24) is 5.32 Å². The number of carbonyl (C=O) groups excluding carboxylic acids is 1. The number of nitrogens with one attached hydrogen (secondary N) is 2. The number of fused-ring (bicyclic) bond motifs is 1. The number of nitrogens with zero attached hydrogens (tertiary/aromatic N) is 1. The van der Waals surface area contributed by atoms with E-state index in [4.69, 9.17) is 5.73 Å². The summed E-state index contributed by atoms with van der Waals surface area (Å²) in [5.74, 6) is -0.0959. The van der Waals surface area contributed by atoms with Crippen LogP contribution in [-0.4, -0.2) is 24.7 Å². The average Bonchev–Trinajstić information content (AvgIpc) is 2.57. The highest BCUT2D eigenvalue weighted by atomic mass is 16.2. The van der Waals surface area contributed by atoms with Crippen molar-refractivity contribution in [3.8, 4) is 0 Å². The van der Waals surface area contributed by atoms with E-state index in [1.807, 2.05) is 23.1 Å². The number of carbonyl (C=O) groups is 1. The van der Waals surface area contributed by atoms with Crippen LogP contribution in [0, 0.1) is 0 Å². The summed E-state index contributed by atoms with van der Waals surface area (Å²) in [6, 6.07) is 7.38. The fraction of sp³-hybridized carbons (Fsp3) is 0.312. The molecule has 0 saturated carbocycles. The van der Waals surface area contributed by atoms with Gasteiger partial charge in [-0.3, -0.25) is 14.4 Å². The van der Waals surface area contributed by atoms with E-state index in [9.17, 15) is 14.4 Å². The van der Waals surface area contributed by atoms with Crippen LogP contribution in [0.1, 0.15) is 23.2 Å². The summed E-state index contributed by atoms with van der Waals surface area (Å²) in [5, 5.41) is 6.45. The van der Waals surface area contributed by atoms with Crippen LogP contribution in [-0.2, 0) is 0 Å². The molecule has 4 N–H and O–H groups in total. The zero-order valence-electron chi connectivity index (χ0n) is 12.4. The van der Waals surface area contributed by atoms with E-state index in [0.29, 0.717) is 37.2 Å². The summed E-state index contributed by atoms with van der Waals surface area (Å²) in [5.41, 5.74) is 5.83. The van der Waals surface area contributed by atoms with Gasteiger partial charge in [0.2, 0.25) is 0 Å². The molecule has 2 aliphatic rings. The molecule has 1 fully saturated rings. The number of hydrogen-bond acceptors (Lipinski definition) is 6. The smallest absolute Gasteiger partial charge is 0.255 e. The number of anilines is 3. The first-order valence-corrected chi connectivity index (χ1v) is 7.54. The molecular weight excluding hydrogens is 296 g/mol. The maximum Gasteiger partial charge on any atom is 0.255 e. The Hall–Kier alpha value is -2.83. The third-order valence-electron chi connectivity index (χ3n) is 4.75. The summed E-state index contributed by atoms with van der Waals surface area (Å²) < 4.78 is 0. The van der Waals surface area contributed by atoms with E-state index >= 15 is 0 Å². The number of benzene rings is 1. The normalized spacial score (nSPS) is 19.3. The molecule has 2 aromatic rings. The lowest BCUT2D eigenvalue weighted by Gasteiger charge is -2.46. The van der Waals surface area contributed by atoms with E-state index in [1.165, 1.54) is 0 Å². The monoisotopic (exact) mass is 312 g/mol. The van der Waals surface area contributed by atoms with Crippen LogP contribution in [0.4, 0.5) is 17.1 Å². The van der Waals surface area contributed by atoms with E-state index < -0.39 is 16.5 Å². The minimum absolute atomic E-state index is 0.0527. The van der Waals surface area contributed by atoms with Gasteiger partial charge < -0.3 is 21.3 Å². The van der Waals surface area contributed by atoms with Crippen molar-refractivity contribution in [2.24, 2.45) is 0 Å². The van der Waals surface area contributed by atoms with Crippen LogP contribution < -0.4 is 32.1 Å². The summed E-state index contributed by atoms with van der Waals surface area (Å²) >= 11 is 0. The molecule has 2 heterocycles. The molecule has 2 aromatic carbocycles. The first kappa shape index (κ1) is 13.8. The van der Waals surface area contributed by atoms with Gasteiger partial charge in [0.1, 0.15) is 17.0 Å². The maximum atomic E-state index is 12.3. The topological polar surface area (TPSA) is 105 Å². The quantitative estimate of drug-likeness (QED) is 0.641. The molecule has 0 bridgehead atoms. The van der Waals surface area contributed by atoms with Gasteiger partial charge in [-0.05, 0) is 12.1 Å². The Balaban J connectivity index is 1.55. The van der Waals surface area contributed by atoms with E-state index in [1.54, 1.807) is 6.07 Å². The van der Waals surface area contributed by atoms with Gasteiger partial charge >= 0.3 is 0 Å². The van der Waals surface area contributed by atoms with E-state index in [0.717, 1.165) is 5.69 Å². The minimum Gasteiger partial charge on any atom is -0.394 e. The molecule has 0 aromatic heterocycles. The number of nitrogens with two attached hydrogens (primary N) is 1. The summed E-state index contributed by atoms with van der Waals surface area (Å²) in [6.45, 7) is 1.09. The number of para-hydroxylation sites is 1. The van der Waals surface area contributed by atoms with Gasteiger partial charge in [-0.1, -0.05) is 12.1 Å². The maximum absolute atomic E-state index is 12.3. The molecule has 1 saturated heterocycles. The summed E-state index contributed by atoms with van der Waals surface area (Å²) in [7, 11) is 0. The highest BCUT2D eigenvalue weighted by molar-refractivity contribution is 6.02. The predicted octanol–water partition coefficient (Wildman–Crippen LogP) is 0.0168. The number of amides is 1. The third-order valence-corrected chi connectivity index (χ3v) is 4.75. The van der Waals surface area contributed by atoms with Gasteiger partial charge in [-0.2, -0.15) is 0 Å². The van der Waals surface area contributed by atoms with Crippen LogP contribution in [0.5, 0.6) is 0 Å². The van der Waals surface area contributed by atoms with Crippen molar-refractivity contribution < 1.29 is 4.79 Å².